The van der Waals surface area contributed by atoms with Gasteiger partial charge in [-0.25, -0.2) is 4.79 Å². The molecule has 0 saturated heterocycles. The van der Waals surface area contributed by atoms with E-state index in [1.165, 1.54) is 4.68 Å². The molecule has 0 spiro atoms. The summed E-state index contributed by atoms with van der Waals surface area (Å²) in [6, 6.07) is 0. The molecule has 0 aliphatic rings. The van der Waals surface area contributed by atoms with Crippen LogP contribution in [0.3, 0.4) is 0 Å². The molecule has 1 aromatic heterocycles. The fourth-order valence-corrected chi connectivity index (χ4v) is 1.21. The van der Waals surface area contributed by atoms with Crippen molar-refractivity contribution in [2.24, 2.45) is 5.41 Å². The lowest BCUT2D eigenvalue weighted by Gasteiger charge is -2.17. The van der Waals surface area contributed by atoms with Crippen LogP contribution < -0.4 is 5.69 Å². The van der Waals surface area contributed by atoms with Crippen LogP contribution in [0.2, 0.25) is 0 Å². The summed E-state index contributed by atoms with van der Waals surface area (Å²) in [5.74, 6) is 0. The van der Waals surface area contributed by atoms with Crippen molar-refractivity contribution in [2.75, 3.05) is 0 Å². The number of rotatable bonds is 2. The van der Waals surface area contributed by atoms with Crippen LogP contribution in [-0.2, 0) is 6.54 Å². The lowest BCUT2D eigenvalue weighted by molar-refractivity contribution is 0.338. The second-order valence-electron chi connectivity index (χ2n) is 4.53. The van der Waals surface area contributed by atoms with Crippen LogP contribution >= 0.6 is 0 Å². The van der Waals surface area contributed by atoms with Gasteiger partial charge in [0.1, 0.15) is 6.33 Å². The Hall–Kier alpha value is -1.32. The Morgan fingerprint density at radius 2 is 2.14 bits per heavy atom. The van der Waals surface area contributed by atoms with Crippen molar-refractivity contribution in [3.63, 3.8) is 0 Å². The minimum absolute atomic E-state index is 0.0852. The molecule has 0 fully saturated rings. The summed E-state index contributed by atoms with van der Waals surface area (Å²) in [6.45, 7) is 8.81. The molecule has 1 aromatic rings. The predicted octanol–water partition coefficient (Wildman–Crippen LogP) is 1.58. The highest BCUT2D eigenvalue weighted by atomic mass is 16.2. The van der Waals surface area contributed by atoms with Gasteiger partial charge >= 0.3 is 5.69 Å². The minimum atomic E-state index is -0.0852. The van der Waals surface area contributed by atoms with Gasteiger partial charge < -0.3 is 0 Å². The SMILES string of the molecule is C/C=C\n1ncn(CC(C)(C)C)c1=O. The van der Waals surface area contributed by atoms with E-state index in [1.807, 2.05) is 6.92 Å². The largest absolute Gasteiger partial charge is 0.349 e. The molecule has 0 bridgehead atoms. The molecule has 0 unspecified atom stereocenters. The highest BCUT2D eigenvalue weighted by molar-refractivity contribution is 5.16. The zero-order valence-corrected chi connectivity index (χ0v) is 9.19. The average Bonchev–Trinajstić information content (AvgIpc) is 2.34. The maximum absolute atomic E-state index is 11.6. The van der Waals surface area contributed by atoms with E-state index in [4.69, 9.17) is 0 Å². The Morgan fingerprint density at radius 1 is 1.50 bits per heavy atom. The van der Waals surface area contributed by atoms with Crippen LogP contribution in [0.25, 0.3) is 6.20 Å². The number of allylic oxidation sites excluding steroid dienone is 1. The standard InChI is InChI=1S/C10H17N3O/c1-5-6-13-9(14)12(8-11-13)7-10(2,3)4/h5-6,8H,7H2,1-4H3/b6-5-. The Labute approximate surface area is 83.9 Å². The molecule has 0 radical (unpaired) electrons. The van der Waals surface area contributed by atoms with Crippen LogP contribution in [0, 0.1) is 5.41 Å². The van der Waals surface area contributed by atoms with Gasteiger partial charge in [0.2, 0.25) is 0 Å². The highest BCUT2D eigenvalue weighted by Gasteiger charge is 2.13. The summed E-state index contributed by atoms with van der Waals surface area (Å²) in [4.78, 5) is 11.6. The van der Waals surface area contributed by atoms with E-state index in [0.29, 0.717) is 6.54 Å². The third-order valence-electron chi connectivity index (χ3n) is 1.69. The van der Waals surface area contributed by atoms with Crippen LogP contribution in [0.1, 0.15) is 27.7 Å². The monoisotopic (exact) mass is 195 g/mol. The van der Waals surface area contributed by atoms with Crippen molar-refractivity contribution < 1.29 is 0 Å². The van der Waals surface area contributed by atoms with Crippen molar-refractivity contribution in [1.82, 2.24) is 14.3 Å². The molecule has 0 N–H and O–H groups in total. The molecular formula is C10H17N3O. The van der Waals surface area contributed by atoms with E-state index in [-0.39, 0.29) is 11.1 Å². The van der Waals surface area contributed by atoms with Crippen molar-refractivity contribution in [3.05, 3.63) is 22.9 Å². The second-order valence-corrected chi connectivity index (χ2v) is 4.53. The van der Waals surface area contributed by atoms with Gasteiger partial charge in [-0.15, -0.1) is 0 Å². The van der Waals surface area contributed by atoms with Crippen LogP contribution in [0.15, 0.2) is 17.2 Å². The quantitative estimate of drug-likeness (QED) is 0.718. The number of hydrogen-bond acceptors (Lipinski definition) is 2. The maximum atomic E-state index is 11.6. The van der Waals surface area contributed by atoms with Gasteiger partial charge in [0.15, 0.2) is 0 Å². The Balaban J connectivity index is 2.97. The lowest BCUT2D eigenvalue weighted by Crippen LogP contribution is -2.27. The fourth-order valence-electron chi connectivity index (χ4n) is 1.21. The number of hydrogen-bond donors (Lipinski definition) is 0. The van der Waals surface area contributed by atoms with E-state index < -0.39 is 0 Å². The zero-order valence-electron chi connectivity index (χ0n) is 9.19. The molecule has 0 atom stereocenters. The topological polar surface area (TPSA) is 39.8 Å². The molecule has 14 heavy (non-hydrogen) atoms. The summed E-state index contributed by atoms with van der Waals surface area (Å²) in [6.07, 6.45) is 5.02. The molecule has 0 saturated carbocycles. The number of nitrogens with zero attached hydrogens (tertiary/aromatic N) is 3. The summed E-state index contributed by atoms with van der Waals surface area (Å²) in [5, 5.41) is 3.97. The normalized spacial score (nSPS) is 12.6. The maximum Gasteiger partial charge on any atom is 0.349 e. The zero-order chi connectivity index (χ0) is 10.8. The second kappa shape index (κ2) is 3.82. The first-order chi connectivity index (χ1) is 6.44. The van der Waals surface area contributed by atoms with Gasteiger partial charge in [-0.1, -0.05) is 26.8 Å². The number of aromatic nitrogens is 3. The Kier molecular flexibility index (Phi) is 2.93. The van der Waals surface area contributed by atoms with E-state index in [0.717, 1.165) is 0 Å². The average molecular weight is 195 g/mol. The lowest BCUT2D eigenvalue weighted by atomic mass is 9.97. The molecule has 0 aliphatic carbocycles. The van der Waals surface area contributed by atoms with Crippen molar-refractivity contribution in [2.45, 2.75) is 34.2 Å². The summed E-state index contributed by atoms with van der Waals surface area (Å²) in [7, 11) is 0. The molecule has 0 amide bonds. The van der Waals surface area contributed by atoms with Gasteiger partial charge in [0, 0.05) is 12.7 Å². The van der Waals surface area contributed by atoms with Crippen molar-refractivity contribution >= 4 is 6.20 Å². The molecule has 0 aromatic carbocycles. The first kappa shape index (κ1) is 10.8. The summed E-state index contributed by atoms with van der Waals surface area (Å²) in [5.41, 5.74) is 0.00573. The summed E-state index contributed by atoms with van der Waals surface area (Å²) >= 11 is 0. The van der Waals surface area contributed by atoms with E-state index >= 15 is 0 Å². The predicted molar refractivity (Wildman–Crippen MR) is 56.9 cm³/mol. The van der Waals surface area contributed by atoms with Gasteiger partial charge in [0.05, 0.1) is 0 Å². The van der Waals surface area contributed by atoms with Gasteiger partial charge in [0.25, 0.3) is 0 Å². The fraction of sp³-hybridized carbons (Fsp3) is 0.600. The molecular weight excluding hydrogens is 178 g/mol. The molecule has 78 valence electrons. The summed E-state index contributed by atoms with van der Waals surface area (Å²) < 4.78 is 2.96. The Bertz CT molecular complexity index is 379. The smallest absolute Gasteiger partial charge is 0.281 e. The van der Waals surface area contributed by atoms with Crippen molar-refractivity contribution in [1.29, 1.82) is 0 Å². The Morgan fingerprint density at radius 3 is 2.64 bits per heavy atom. The third kappa shape index (κ3) is 2.58. The van der Waals surface area contributed by atoms with Gasteiger partial charge in [-0.3, -0.25) is 4.57 Å². The molecule has 1 rings (SSSR count). The molecule has 4 nitrogen and oxygen atoms in total. The highest BCUT2D eigenvalue weighted by Crippen LogP contribution is 2.14. The van der Waals surface area contributed by atoms with Gasteiger partial charge in [-0.2, -0.15) is 9.78 Å². The molecule has 0 aliphatic heterocycles. The first-order valence-electron chi connectivity index (χ1n) is 4.71. The molecule has 1 heterocycles. The third-order valence-corrected chi connectivity index (χ3v) is 1.69. The van der Waals surface area contributed by atoms with E-state index in [1.54, 1.807) is 23.2 Å². The molecule has 4 heteroatoms. The first-order valence-corrected chi connectivity index (χ1v) is 4.71. The minimum Gasteiger partial charge on any atom is -0.281 e. The van der Waals surface area contributed by atoms with Crippen LogP contribution in [0.4, 0.5) is 0 Å². The van der Waals surface area contributed by atoms with E-state index in [9.17, 15) is 4.79 Å². The van der Waals surface area contributed by atoms with Gasteiger partial charge in [-0.05, 0) is 12.3 Å². The van der Waals surface area contributed by atoms with Crippen LogP contribution in [0.5, 0.6) is 0 Å². The van der Waals surface area contributed by atoms with E-state index in [2.05, 4.69) is 25.9 Å². The van der Waals surface area contributed by atoms with Crippen molar-refractivity contribution in [3.8, 4) is 0 Å². The van der Waals surface area contributed by atoms with Crippen LogP contribution in [-0.4, -0.2) is 14.3 Å².